The first kappa shape index (κ1) is 18.6. The smallest absolute Gasteiger partial charge is 0.339 e. The first-order chi connectivity index (χ1) is 13.5. The summed E-state index contributed by atoms with van der Waals surface area (Å²) in [7, 11) is 0. The second-order valence-electron chi connectivity index (χ2n) is 7.22. The van der Waals surface area contributed by atoms with Gasteiger partial charge in [0.1, 0.15) is 29.5 Å². The van der Waals surface area contributed by atoms with Crippen LogP contribution in [-0.4, -0.2) is 36.0 Å². The maximum absolute atomic E-state index is 13.1. The van der Waals surface area contributed by atoms with Crippen molar-refractivity contribution in [1.82, 2.24) is 15.8 Å². The van der Waals surface area contributed by atoms with Crippen molar-refractivity contribution >= 4 is 5.91 Å². The number of benzene rings is 1. The average molecular weight is 387 g/mol. The monoisotopic (exact) mass is 387 g/mol. The van der Waals surface area contributed by atoms with Gasteiger partial charge in [-0.25, -0.2) is 20.0 Å². The molecular formula is C20H22FN3O4. The van der Waals surface area contributed by atoms with Gasteiger partial charge < -0.3 is 14.1 Å². The number of hydrazine groups is 1. The van der Waals surface area contributed by atoms with E-state index in [-0.39, 0.29) is 29.9 Å². The highest BCUT2D eigenvalue weighted by Crippen LogP contribution is 2.25. The lowest BCUT2D eigenvalue weighted by atomic mass is 10.0. The van der Waals surface area contributed by atoms with Crippen LogP contribution in [-0.2, 0) is 4.79 Å². The van der Waals surface area contributed by atoms with Crippen molar-refractivity contribution in [2.45, 2.75) is 38.0 Å². The molecule has 28 heavy (non-hydrogen) atoms. The van der Waals surface area contributed by atoms with Crippen LogP contribution < -0.4 is 21.2 Å². The Morgan fingerprint density at radius 2 is 2.04 bits per heavy atom. The largest absolute Gasteiger partial charge is 0.488 e. The summed E-state index contributed by atoms with van der Waals surface area (Å²) in [6.45, 7) is 2.76. The quantitative estimate of drug-likeness (QED) is 0.831. The highest BCUT2D eigenvalue weighted by molar-refractivity contribution is 5.82. The maximum atomic E-state index is 13.1. The predicted octanol–water partition coefficient (Wildman–Crippen LogP) is 1.67. The molecule has 0 bridgehead atoms. The Morgan fingerprint density at radius 3 is 2.79 bits per heavy atom. The average Bonchev–Trinajstić information content (AvgIpc) is 3.31. The van der Waals surface area contributed by atoms with Gasteiger partial charge in [-0.3, -0.25) is 4.79 Å². The molecule has 2 saturated heterocycles. The Morgan fingerprint density at radius 1 is 1.25 bits per heavy atom. The van der Waals surface area contributed by atoms with Crippen LogP contribution in [0.25, 0.3) is 0 Å². The Kier molecular flexibility index (Phi) is 5.15. The van der Waals surface area contributed by atoms with Gasteiger partial charge >= 0.3 is 5.63 Å². The van der Waals surface area contributed by atoms with E-state index >= 15 is 0 Å². The summed E-state index contributed by atoms with van der Waals surface area (Å²) >= 11 is 0. The summed E-state index contributed by atoms with van der Waals surface area (Å²) in [6, 6.07) is 8.87. The molecule has 1 aromatic carbocycles. The number of aryl methyl sites for hydroxylation is 1. The van der Waals surface area contributed by atoms with Crippen molar-refractivity contribution in [3.05, 3.63) is 64.0 Å². The number of hydrogen-bond donors (Lipinski definition) is 2. The molecular weight excluding hydrogens is 365 g/mol. The van der Waals surface area contributed by atoms with Gasteiger partial charge in [0.25, 0.3) is 0 Å². The number of amides is 1. The van der Waals surface area contributed by atoms with Crippen molar-refractivity contribution in [1.29, 1.82) is 0 Å². The van der Waals surface area contributed by atoms with E-state index in [0.717, 1.165) is 5.56 Å². The fraction of sp³-hybridized carbons (Fsp3) is 0.400. The van der Waals surface area contributed by atoms with Crippen molar-refractivity contribution in [3.63, 3.8) is 0 Å². The van der Waals surface area contributed by atoms with Crippen LogP contribution in [0.2, 0.25) is 0 Å². The molecule has 2 aliphatic heterocycles. The first-order valence-electron chi connectivity index (χ1n) is 9.32. The SMILES string of the molecule is Cc1cc(OC2CCN(C(=O)C3CC(c4ccc(F)cc4)NN3)C2)cc(=O)o1. The fourth-order valence-electron chi connectivity index (χ4n) is 3.71. The minimum Gasteiger partial charge on any atom is -0.488 e. The van der Waals surface area contributed by atoms with E-state index in [1.54, 1.807) is 30.0 Å². The van der Waals surface area contributed by atoms with E-state index in [2.05, 4.69) is 10.9 Å². The second kappa shape index (κ2) is 7.73. The summed E-state index contributed by atoms with van der Waals surface area (Å²) in [5, 5.41) is 0. The lowest BCUT2D eigenvalue weighted by molar-refractivity contribution is -0.132. The molecule has 1 amide bonds. The summed E-state index contributed by atoms with van der Waals surface area (Å²) < 4.78 is 23.9. The molecule has 2 aliphatic rings. The summed E-state index contributed by atoms with van der Waals surface area (Å²) in [6.07, 6.45) is 1.13. The third-order valence-electron chi connectivity index (χ3n) is 5.10. The van der Waals surface area contributed by atoms with Crippen LogP contribution in [0.15, 0.2) is 45.6 Å². The molecule has 2 aromatic rings. The Balaban J connectivity index is 1.33. The van der Waals surface area contributed by atoms with E-state index in [0.29, 0.717) is 37.4 Å². The molecule has 1 aromatic heterocycles. The van der Waals surface area contributed by atoms with Gasteiger partial charge in [0.05, 0.1) is 12.6 Å². The molecule has 148 valence electrons. The lowest BCUT2D eigenvalue weighted by Gasteiger charge is -2.20. The minimum atomic E-state index is -0.450. The Hall–Kier alpha value is -2.71. The lowest BCUT2D eigenvalue weighted by Crippen LogP contribution is -2.45. The highest BCUT2D eigenvalue weighted by atomic mass is 19.1. The predicted molar refractivity (Wildman–Crippen MR) is 99.1 cm³/mol. The second-order valence-corrected chi connectivity index (χ2v) is 7.22. The van der Waals surface area contributed by atoms with Gasteiger partial charge in [-0.15, -0.1) is 0 Å². The zero-order valence-electron chi connectivity index (χ0n) is 15.5. The fourth-order valence-corrected chi connectivity index (χ4v) is 3.71. The number of carbonyl (C=O) groups is 1. The summed E-state index contributed by atoms with van der Waals surface area (Å²) in [4.78, 5) is 26.1. The third kappa shape index (κ3) is 4.07. The van der Waals surface area contributed by atoms with Gasteiger partial charge in [0.15, 0.2) is 0 Å². The molecule has 0 radical (unpaired) electrons. The van der Waals surface area contributed by atoms with Crippen LogP contribution >= 0.6 is 0 Å². The van der Waals surface area contributed by atoms with Gasteiger partial charge in [0, 0.05) is 25.1 Å². The molecule has 2 fully saturated rings. The summed E-state index contributed by atoms with van der Waals surface area (Å²) in [5.41, 5.74) is 6.65. The number of rotatable bonds is 4. The topological polar surface area (TPSA) is 83.8 Å². The molecule has 2 N–H and O–H groups in total. The summed E-state index contributed by atoms with van der Waals surface area (Å²) in [5.74, 6) is 0.676. The number of ether oxygens (including phenoxy) is 1. The molecule has 3 unspecified atom stereocenters. The van der Waals surface area contributed by atoms with Crippen molar-refractivity contribution < 1.29 is 18.3 Å². The number of carbonyl (C=O) groups excluding carboxylic acids is 1. The molecule has 0 saturated carbocycles. The van der Waals surface area contributed by atoms with Gasteiger partial charge in [-0.1, -0.05) is 12.1 Å². The Bertz CT molecular complexity index is 914. The van der Waals surface area contributed by atoms with Crippen LogP contribution in [0.5, 0.6) is 5.75 Å². The standard InChI is InChI=1S/C20H22FN3O4/c1-12-8-16(9-19(25)27-12)28-15-6-7-24(11-15)20(26)18-10-17(22-23-18)13-2-4-14(21)5-3-13/h2-5,8-9,15,17-18,22-23H,6-7,10-11H2,1H3. The van der Waals surface area contributed by atoms with Gasteiger partial charge in [-0.2, -0.15) is 0 Å². The molecule has 8 heteroatoms. The van der Waals surface area contributed by atoms with Crippen molar-refractivity contribution in [2.24, 2.45) is 0 Å². The molecule has 0 spiro atoms. The Labute approximate surface area is 161 Å². The van der Waals surface area contributed by atoms with Crippen molar-refractivity contribution in [3.8, 4) is 5.75 Å². The molecule has 4 rings (SSSR count). The molecule has 3 atom stereocenters. The zero-order chi connectivity index (χ0) is 19.7. The molecule has 7 nitrogen and oxygen atoms in total. The first-order valence-corrected chi connectivity index (χ1v) is 9.32. The van der Waals surface area contributed by atoms with Crippen molar-refractivity contribution in [2.75, 3.05) is 13.1 Å². The number of hydrogen-bond acceptors (Lipinski definition) is 6. The van der Waals surface area contributed by atoms with Gasteiger partial charge in [0.2, 0.25) is 5.91 Å². The van der Waals surface area contributed by atoms with E-state index in [1.807, 2.05) is 0 Å². The molecule has 3 heterocycles. The molecule has 0 aliphatic carbocycles. The van der Waals surface area contributed by atoms with Gasteiger partial charge in [-0.05, 0) is 31.0 Å². The number of likely N-dealkylation sites (tertiary alicyclic amines) is 1. The maximum Gasteiger partial charge on any atom is 0.339 e. The van der Waals surface area contributed by atoms with Crippen LogP contribution in [0.4, 0.5) is 4.39 Å². The minimum absolute atomic E-state index is 0.00645. The van der Waals surface area contributed by atoms with E-state index < -0.39 is 5.63 Å². The highest BCUT2D eigenvalue weighted by Gasteiger charge is 2.36. The van der Waals surface area contributed by atoms with E-state index in [4.69, 9.17) is 9.15 Å². The van der Waals surface area contributed by atoms with Crippen LogP contribution in [0.3, 0.4) is 0 Å². The van der Waals surface area contributed by atoms with Crippen LogP contribution in [0.1, 0.15) is 30.2 Å². The number of nitrogens with zero attached hydrogens (tertiary/aromatic N) is 1. The number of nitrogens with one attached hydrogen (secondary N) is 2. The van der Waals surface area contributed by atoms with E-state index in [9.17, 15) is 14.0 Å². The zero-order valence-corrected chi connectivity index (χ0v) is 15.5. The number of halogens is 1. The third-order valence-corrected chi connectivity index (χ3v) is 5.10. The normalized spacial score (nSPS) is 24.5. The van der Waals surface area contributed by atoms with E-state index in [1.165, 1.54) is 18.2 Å². The van der Waals surface area contributed by atoms with Crippen LogP contribution in [0, 0.1) is 12.7 Å².